The Labute approximate surface area is 169 Å². The quantitative estimate of drug-likeness (QED) is 0.271. The number of hydrogen-bond donors (Lipinski definition) is 1. The Morgan fingerprint density at radius 3 is 2.56 bits per heavy atom. The van der Waals surface area contributed by atoms with Gasteiger partial charge in [0.2, 0.25) is 0 Å². The van der Waals surface area contributed by atoms with Crippen molar-refractivity contribution in [3.05, 3.63) is 12.2 Å². The molecule has 1 aliphatic heterocycles. The lowest BCUT2D eigenvalue weighted by Gasteiger charge is -2.22. The van der Waals surface area contributed by atoms with Crippen molar-refractivity contribution < 1.29 is 19.4 Å². The zero-order valence-electron chi connectivity index (χ0n) is 17.5. The number of ether oxygens (including phenoxy) is 1. The highest BCUT2D eigenvalue weighted by atomic mass is 32.2. The van der Waals surface area contributed by atoms with E-state index >= 15 is 0 Å². The Balaban J connectivity index is 2.42. The summed E-state index contributed by atoms with van der Waals surface area (Å²) in [6.07, 6.45) is 12.0. The van der Waals surface area contributed by atoms with Gasteiger partial charge in [0.1, 0.15) is 0 Å². The molecule has 1 fully saturated rings. The fourth-order valence-corrected chi connectivity index (χ4v) is 4.95. The van der Waals surface area contributed by atoms with Crippen LogP contribution in [-0.4, -0.2) is 41.1 Å². The average molecular weight is 399 g/mol. The van der Waals surface area contributed by atoms with Crippen LogP contribution in [0.3, 0.4) is 0 Å². The van der Waals surface area contributed by atoms with Crippen LogP contribution in [0.15, 0.2) is 12.2 Å². The van der Waals surface area contributed by atoms with E-state index in [-0.39, 0.29) is 29.2 Å². The van der Waals surface area contributed by atoms with Crippen molar-refractivity contribution in [2.75, 3.05) is 12.9 Å². The molecule has 0 unspecified atom stereocenters. The Morgan fingerprint density at radius 2 is 1.89 bits per heavy atom. The third-order valence-corrected chi connectivity index (χ3v) is 7.01. The first-order valence-electron chi connectivity index (χ1n) is 10.4. The van der Waals surface area contributed by atoms with E-state index in [0.29, 0.717) is 11.7 Å². The number of unbranched alkanes of at least 4 members (excludes halogenated alkanes) is 4. The highest BCUT2D eigenvalue weighted by Crippen LogP contribution is 2.37. The van der Waals surface area contributed by atoms with E-state index in [1.165, 1.54) is 7.11 Å². The minimum absolute atomic E-state index is 0.0657. The van der Waals surface area contributed by atoms with Crippen LogP contribution in [0.2, 0.25) is 0 Å². The van der Waals surface area contributed by atoms with Gasteiger partial charge in [-0.05, 0) is 25.3 Å². The van der Waals surface area contributed by atoms with Gasteiger partial charge in [0.25, 0.3) is 0 Å². The largest absolute Gasteiger partial charge is 0.469 e. The van der Waals surface area contributed by atoms with Gasteiger partial charge in [0.05, 0.1) is 13.2 Å². The van der Waals surface area contributed by atoms with E-state index in [4.69, 9.17) is 0 Å². The van der Waals surface area contributed by atoms with Crippen LogP contribution >= 0.6 is 11.8 Å². The van der Waals surface area contributed by atoms with Crippen LogP contribution in [0, 0.1) is 11.3 Å². The maximum atomic E-state index is 12.5. The van der Waals surface area contributed by atoms with E-state index in [1.54, 1.807) is 6.08 Å². The smallest absolute Gasteiger partial charge is 0.305 e. The van der Waals surface area contributed by atoms with Crippen molar-refractivity contribution in [2.45, 2.75) is 89.9 Å². The molecular formula is C22H38O4S. The van der Waals surface area contributed by atoms with Gasteiger partial charge >= 0.3 is 5.97 Å². The summed E-state index contributed by atoms with van der Waals surface area (Å²) in [6, 6.07) is 0. The summed E-state index contributed by atoms with van der Waals surface area (Å²) in [7, 11) is 1.42. The summed E-state index contributed by atoms with van der Waals surface area (Å²) < 4.78 is 4.65. The van der Waals surface area contributed by atoms with E-state index in [1.807, 2.05) is 31.7 Å². The van der Waals surface area contributed by atoms with Crippen molar-refractivity contribution in [1.82, 2.24) is 0 Å². The number of aliphatic hydroxyl groups is 1. The number of ketones is 1. The third kappa shape index (κ3) is 8.82. The van der Waals surface area contributed by atoms with Crippen molar-refractivity contribution in [2.24, 2.45) is 11.3 Å². The number of allylic oxidation sites excluding steroid dienone is 1. The lowest BCUT2D eigenvalue weighted by atomic mass is 9.82. The average Bonchev–Trinajstić information content (AvgIpc) is 3.00. The maximum absolute atomic E-state index is 12.5. The molecule has 3 atom stereocenters. The number of carbonyl (C=O) groups excluding carboxylic acids is 2. The molecule has 0 aromatic heterocycles. The molecule has 0 radical (unpaired) electrons. The fourth-order valence-electron chi connectivity index (χ4n) is 3.46. The number of rotatable bonds is 13. The first-order chi connectivity index (χ1) is 12.8. The molecule has 4 nitrogen and oxygen atoms in total. The minimum Gasteiger partial charge on any atom is -0.469 e. The summed E-state index contributed by atoms with van der Waals surface area (Å²) in [5.74, 6) is 0.842. The number of thioether (sulfide) groups is 1. The van der Waals surface area contributed by atoms with Crippen LogP contribution in [0.1, 0.15) is 78.6 Å². The lowest BCUT2D eigenvalue weighted by Crippen LogP contribution is -2.25. The monoisotopic (exact) mass is 398 g/mol. The Morgan fingerprint density at radius 1 is 1.19 bits per heavy atom. The van der Waals surface area contributed by atoms with Crippen LogP contribution in [0.4, 0.5) is 0 Å². The van der Waals surface area contributed by atoms with E-state index in [0.717, 1.165) is 57.1 Å². The molecule has 1 heterocycles. The molecule has 0 aliphatic carbocycles. The topological polar surface area (TPSA) is 63.6 Å². The van der Waals surface area contributed by atoms with Gasteiger partial charge in [-0.15, -0.1) is 0 Å². The summed E-state index contributed by atoms with van der Waals surface area (Å²) >= 11 is 1.82. The van der Waals surface area contributed by atoms with Gasteiger partial charge in [-0.25, -0.2) is 0 Å². The van der Waals surface area contributed by atoms with Gasteiger partial charge in [-0.3, -0.25) is 9.59 Å². The fraction of sp³-hybridized carbons (Fsp3) is 0.818. The zero-order valence-corrected chi connectivity index (χ0v) is 18.4. The Bertz CT molecular complexity index is 487. The van der Waals surface area contributed by atoms with Crippen LogP contribution in [0.25, 0.3) is 0 Å². The highest BCUT2D eigenvalue weighted by molar-refractivity contribution is 8.00. The predicted octanol–water partition coefficient (Wildman–Crippen LogP) is 4.93. The van der Waals surface area contributed by atoms with E-state index < -0.39 is 0 Å². The molecule has 27 heavy (non-hydrogen) atoms. The van der Waals surface area contributed by atoms with Crippen molar-refractivity contribution in [1.29, 1.82) is 0 Å². The molecule has 0 amide bonds. The van der Waals surface area contributed by atoms with Gasteiger partial charge in [-0.2, -0.15) is 11.8 Å². The van der Waals surface area contributed by atoms with Crippen molar-refractivity contribution in [3.63, 3.8) is 0 Å². The number of esters is 1. The molecule has 0 saturated carbocycles. The number of methoxy groups -OCH3 is 1. The second kappa shape index (κ2) is 12.6. The summed E-state index contributed by atoms with van der Waals surface area (Å²) in [5, 5.41) is 10.7. The summed E-state index contributed by atoms with van der Waals surface area (Å²) in [5.41, 5.74) is -0.321. The predicted molar refractivity (Wildman–Crippen MR) is 113 cm³/mol. The highest BCUT2D eigenvalue weighted by Gasteiger charge is 2.34. The van der Waals surface area contributed by atoms with E-state index in [9.17, 15) is 14.7 Å². The first kappa shape index (κ1) is 24.2. The second-order valence-electron chi connectivity index (χ2n) is 8.26. The lowest BCUT2D eigenvalue weighted by molar-refractivity contribution is -0.140. The SMILES string of the molecule is CCCCC(C)(C)C(=O)C=C[C@H]1[C@H](CCCCCCC(=O)OC)SC[C@@H]1O. The normalized spacial score (nSPS) is 23.1. The van der Waals surface area contributed by atoms with Crippen molar-refractivity contribution >= 4 is 23.5 Å². The van der Waals surface area contributed by atoms with Crippen LogP contribution < -0.4 is 0 Å². The first-order valence-corrected chi connectivity index (χ1v) is 11.5. The molecule has 1 N–H and O–H groups in total. The van der Waals surface area contributed by atoms with E-state index in [2.05, 4.69) is 11.7 Å². The van der Waals surface area contributed by atoms with Crippen molar-refractivity contribution in [3.8, 4) is 0 Å². The molecule has 1 aliphatic rings. The molecule has 0 aromatic carbocycles. The van der Waals surface area contributed by atoms with Gasteiger partial charge < -0.3 is 9.84 Å². The van der Waals surface area contributed by atoms with Gasteiger partial charge in [0.15, 0.2) is 5.78 Å². The minimum atomic E-state index is -0.359. The molecule has 0 spiro atoms. The third-order valence-electron chi connectivity index (χ3n) is 5.49. The molecule has 1 saturated heterocycles. The maximum Gasteiger partial charge on any atom is 0.305 e. The van der Waals surface area contributed by atoms with Gasteiger partial charge in [0, 0.05) is 28.8 Å². The number of aliphatic hydroxyl groups excluding tert-OH is 1. The molecular weight excluding hydrogens is 360 g/mol. The molecule has 5 heteroatoms. The Hall–Kier alpha value is -0.810. The van der Waals surface area contributed by atoms with Gasteiger partial charge in [-0.1, -0.05) is 59.0 Å². The molecule has 0 bridgehead atoms. The summed E-state index contributed by atoms with van der Waals surface area (Å²) in [4.78, 5) is 23.6. The number of hydrogen-bond acceptors (Lipinski definition) is 5. The van der Waals surface area contributed by atoms with Crippen LogP contribution in [0.5, 0.6) is 0 Å². The molecule has 0 aromatic rings. The summed E-state index contributed by atoms with van der Waals surface area (Å²) in [6.45, 7) is 6.17. The Kier molecular flexibility index (Phi) is 11.3. The second-order valence-corrected chi connectivity index (χ2v) is 9.53. The molecule has 156 valence electrons. The zero-order chi connectivity index (χ0) is 20.3. The number of carbonyl (C=O) groups is 2. The van der Waals surface area contributed by atoms with Crippen LogP contribution in [-0.2, 0) is 14.3 Å². The standard InChI is InChI=1S/C22H38O4S/c1-5-6-15-22(2,3)20(24)14-13-17-18(23)16-27-19(17)11-9-7-8-10-12-21(25)26-4/h13-14,17-19,23H,5-12,15-16H2,1-4H3/t17-,18+,19+/m1/s1. The molecule has 1 rings (SSSR count).